The van der Waals surface area contributed by atoms with Gasteiger partial charge in [0.25, 0.3) is 0 Å². The number of β-lactam (4-membered cyclic amide) rings is 1. The molecule has 1 aliphatic heterocycles. The van der Waals surface area contributed by atoms with Crippen molar-refractivity contribution in [2.24, 2.45) is 5.73 Å². The Balaban J connectivity index is 2.24. The van der Waals surface area contributed by atoms with E-state index in [1.54, 1.807) is 6.07 Å². The maximum atomic E-state index is 13.3. The van der Waals surface area contributed by atoms with E-state index < -0.39 is 11.9 Å². The number of halogens is 1. The van der Waals surface area contributed by atoms with Crippen LogP contribution >= 0.6 is 0 Å². The SMILES string of the molecule is COc1ccc(N2CC(N)C2=O)cc1F. The number of benzene rings is 1. The van der Waals surface area contributed by atoms with Crippen molar-refractivity contribution in [2.75, 3.05) is 18.6 Å². The van der Waals surface area contributed by atoms with Crippen LogP contribution in [0.1, 0.15) is 0 Å². The minimum absolute atomic E-state index is 0.163. The van der Waals surface area contributed by atoms with Crippen molar-refractivity contribution in [2.45, 2.75) is 6.04 Å². The predicted molar refractivity (Wildman–Crippen MR) is 53.3 cm³/mol. The summed E-state index contributed by atoms with van der Waals surface area (Å²) >= 11 is 0. The van der Waals surface area contributed by atoms with Crippen molar-refractivity contribution in [1.82, 2.24) is 0 Å². The number of rotatable bonds is 2. The number of hydrogen-bond donors (Lipinski definition) is 1. The first-order valence-corrected chi connectivity index (χ1v) is 4.54. The Morgan fingerprint density at radius 3 is 2.80 bits per heavy atom. The van der Waals surface area contributed by atoms with Crippen LogP contribution in [0.2, 0.25) is 0 Å². The molecular weight excluding hydrogens is 199 g/mol. The molecule has 0 aliphatic carbocycles. The van der Waals surface area contributed by atoms with Crippen molar-refractivity contribution in [3.63, 3.8) is 0 Å². The van der Waals surface area contributed by atoms with Crippen LogP contribution in [0.3, 0.4) is 0 Å². The first-order valence-electron chi connectivity index (χ1n) is 4.54. The van der Waals surface area contributed by atoms with Crippen molar-refractivity contribution < 1.29 is 13.9 Å². The lowest BCUT2D eigenvalue weighted by Gasteiger charge is -2.36. The van der Waals surface area contributed by atoms with E-state index in [1.165, 1.54) is 24.1 Å². The lowest BCUT2D eigenvalue weighted by molar-refractivity contribution is -0.123. The lowest BCUT2D eigenvalue weighted by Crippen LogP contribution is -2.61. The number of methoxy groups -OCH3 is 1. The van der Waals surface area contributed by atoms with Gasteiger partial charge in [0.15, 0.2) is 11.6 Å². The first kappa shape index (κ1) is 9.92. The fourth-order valence-electron chi connectivity index (χ4n) is 1.51. The molecule has 15 heavy (non-hydrogen) atoms. The predicted octanol–water partition coefficient (Wildman–Crippen LogP) is 0.508. The zero-order chi connectivity index (χ0) is 11.0. The van der Waals surface area contributed by atoms with Crippen LogP contribution in [-0.2, 0) is 4.79 Å². The van der Waals surface area contributed by atoms with E-state index in [2.05, 4.69) is 0 Å². The van der Waals surface area contributed by atoms with Gasteiger partial charge in [-0.2, -0.15) is 0 Å². The maximum Gasteiger partial charge on any atom is 0.245 e. The number of ether oxygens (including phenoxy) is 1. The van der Waals surface area contributed by atoms with Crippen LogP contribution in [0.25, 0.3) is 0 Å². The van der Waals surface area contributed by atoms with Gasteiger partial charge in [-0.25, -0.2) is 4.39 Å². The number of hydrogen-bond acceptors (Lipinski definition) is 3. The molecule has 80 valence electrons. The summed E-state index contributed by atoms with van der Waals surface area (Å²) in [5.41, 5.74) is 5.95. The minimum atomic E-state index is -0.483. The van der Waals surface area contributed by atoms with Gasteiger partial charge in [0.2, 0.25) is 5.91 Å². The summed E-state index contributed by atoms with van der Waals surface area (Å²) in [6.07, 6.45) is 0. The Hall–Kier alpha value is -1.62. The van der Waals surface area contributed by atoms with Gasteiger partial charge in [-0.15, -0.1) is 0 Å². The lowest BCUT2D eigenvalue weighted by atomic mass is 10.1. The fourth-order valence-corrected chi connectivity index (χ4v) is 1.51. The quantitative estimate of drug-likeness (QED) is 0.723. The molecule has 0 radical (unpaired) electrons. The van der Waals surface area contributed by atoms with Crippen LogP contribution < -0.4 is 15.4 Å². The highest BCUT2D eigenvalue weighted by molar-refractivity contribution is 6.03. The zero-order valence-corrected chi connectivity index (χ0v) is 8.24. The average Bonchev–Trinajstić information content (AvgIpc) is 2.25. The molecule has 0 bridgehead atoms. The van der Waals surface area contributed by atoms with Crippen LogP contribution in [0, 0.1) is 5.82 Å². The molecule has 1 fully saturated rings. The van der Waals surface area contributed by atoms with Crippen LogP contribution in [0.4, 0.5) is 10.1 Å². The summed E-state index contributed by atoms with van der Waals surface area (Å²) in [5, 5.41) is 0. The Labute approximate surface area is 86.4 Å². The number of nitrogens with two attached hydrogens (primary N) is 1. The largest absolute Gasteiger partial charge is 0.494 e. The minimum Gasteiger partial charge on any atom is -0.494 e. The Morgan fingerprint density at radius 1 is 1.60 bits per heavy atom. The van der Waals surface area contributed by atoms with Crippen molar-refractivity contribution in [3.05, 3.63) is 24.0 Å². The summed E-state index contributed by atoms with van der Waals surface area (Å²) in [4.78, 5) is 12.7. The fraction of sp³-hybridized carbons (Fsp3) is 0.300. The molecule has 1 saturated heterocycles. The molecular formula is C10H11FN2O2. The molecule has 1 heterocycles. The van der Waals surface area contributed by atoms with E-state index >= 15 is 0 Å². The van der Waals surface area contributed by atoms with Gasteiger partial charge in [0, 0.05) is 11.8 Å². The summed E-state index contributed by atoms with van der Waals surface area (Å²) in [6, 6.07) is 3.94. The third-order valence-corrected chi connectivity index (χ3v) is 2.41. The summed E-state index contributed by atoms with van der Waals surface area (Å²) in [7, 11) is 1.39. The first-order chi connectivity index (χ1) is 7.13. The molecule has 1 aromatic rings. The third-order valence-electron chi connectivity index (χ3n) is 2.41. The van der Waals surface area contributed by atoms with E-state index in [-0.39, 0.29) is 11.7 Å². The average molecular weight is 210 g/mol. The highest BCUT2D eigenvalue weighted by atomic mass is 19.1. The second-order valence-corrected chi connectivity index (χ2v) is 3.37. The molecule has 2 N–H and O–H groups in total. The second kappa shape index (κ2) is 3.51. The van der Waals surface area contributed by atoms with E-state index in [0.29, 0.717) is 12.2 Å². The molecule has 1 aliphatic rings. The highest BCUT2D eigenvalue weighted by Gasteiger charge is 2.34. The monoisotopic (exact) mass is 210 g/mol. The number of anilines is 1. The molecule has 1 unspecified atom stereocenters. The van der Waals surface area contributed by atoms with Gasteiger partial charge in [-0.3, -0.25) is 4.79 Å². The highest BCUT2D eigenvalue weighted by Crippen LogP contribution is 2.26. The van der Waals surface area contributed by atoms with E-state index in [9.17, 15) is 9.18 Å². The van der Waals surface area contributed by atoms with Crippen LogP contribution in [-0.4, -0.2) is 25.6 Å². The van der Waals surface area contributed by atoms with Gasteiger partial charge in [0.1, 0.15) is 6.04 Å². The Morgan fingerprint density at radius 2 is 2.33 bits per heavy atom. The topological polar surface area (TPSA) is 55.6 Å². The van der Waals surface area contributed by atoms with Crippen molar-refractivity contribution in [1.29, 1.82) is 0 Å². The normalized spacial score (nSPS) is 20.1. The molecule has 0 saturated carbocycles. The van der Waals surface area contributed by atoms with Crippen molar-refractivity contribution >= 4 is 11.6 Å². The van der Waals surface area contributed by atoms with E-state index in [1.807, 2.05) is 0 Å². The number of nitrogens with zero attached hydrogens (tertiary/aromatic N) is 1. The van der Waals surface area contributed by atoms with Gasteiger partial charge in [0.05, 0.1) is 13.7 Å². The number of carbonyl (C=O) groups is 1. The number of amides is 1. The maximum absolute atomic E-state index is 13.3. The molecule has 1 aromatic carbocycles. The summed E-state index contributed by atoms with van der Waals surface area (Å²) < 4.78 is 18.1. The summed E-state index contributed by atoms with van der Waals surface area (Å²) in [5.74, 6) is -0.501. The molecule has 1 atom stereocenters. The molecule has 0 spiro atoms. The van der Waals surface area contributed by atoms with Gasteiger partial charge < -0.3 is 15.4 Å². The third kappa shape index (κ3) is 1.55. The second-order valence-electron chi connectivity index (χ2n) is 3.37. The molecule has 0 aromatic heterocycles. The molecule has 4 nitrogen and oxygen atoms in total. The Bertz CT molecular complexity index is 408. The number of carbonyl (C=O) groups excluding carboxylic acids is 1. The van der Waals surface area contributed by atoms with Crippen LogP contribution in [0.15, 0.2) is 18.2 Å². The van der Waals surface area contributed by atoms with Crippen LogP contribution in [0.5, 0.6) is 5.75 Å². The van der Waals surface area contributed by atoms with Gasteiger partial charge >= 0.3 is 0 Å². The van der Waals surface area contributed by atoms with Gasteiger partial charge in [-0.1, -0.05) is 0 Å². The Kier molecular flexibility index (Phi) is 2.32. The molecule has 5 heteroatoms. The standard InChI is InChI=1S/C10H11FN2O2/c1-15-9-3-2-6(4-7(9)11)13-5-8(12)10(13)14/h2-4,8H,5,12H2,1H3. The zero-order valence-electron chi connectivity index (χ0n) is 8.24. The smallest absolute Gasteiger partial charge is 0.245 e. The van der Waals surface area contributed by atoms with Crippen molar-refractivity contribution in [3.8, 4) is 5.75 Å². The molecule has 1 amide bonds. The van der Waals surface area contributed by atoms with E-state index in [4.69, 9.17) is 10.5 Å². The van der Waals surface area contributed by atoms with E-state index in [0.717, 1.165) is 0 Å². The molecule has 2 rings (SSSR count). The summed E-state index contributed by atoms with van der Waals surface area (Å²) in [6.45, 7) is 0.435. The van der Waals surface area contributed by atoms with Gasteiger partial charge in [-0.05, 0) is 12.1 Å².